The summed E-state index contributed by atoms with van der Waals surface area (Å²) >= 11 is 1.47. The lowest BCUT2D eigenvalue weighted by Crippen LogP contribution is -2.06. The number of rotatable bonds is 4. The maximum Gasteiger partial charge on any atom is 0.356 e. The zero-order chi connectivity index (χ0) is 12.6. The minimum atomic E-state index is -0.962. The first-order chi connectivity index (χ1) is 8.02. The fourth-order valence-corrected chi connectivity index (χ4v) is 2.85. The maximum absolute atomic E-state index is 11.2. The van der Waals surface area contributed by atoms with Crippen LogP contribution in [0, 0.1) is 5.92 Å². The standard InChI is InChI=1S/C11H15N3O2S/c1-4-7-9(10(15)16)14-11(12-7)17-8(13-14)5-6(2)3/h6H,4-5H2,1-3H3,(H,15,16). The van der Waals surface area contributed by atoms with Crippen molar-refractivity contribution in [3.63, 3.8) is 0 Å². The molecule has 17 heavy (non-hydrogen) atoms. The van der Waals surface area contributed by atoms with E-state index in [0.717, 1.165) is 11.4 Å². The van der Waals surface area contributed by atoms with E-state index in [4.69, 9.17) is 0 Å². The lowest BCUT2D eigenvalue weighted by atomic mass is 10.1. The van der Waals surface area contributed by atoms with Gasteiger partial charge in [-0.15, -0.1) is 0 Å². The van der Waals surface area contributed by atoms with Gasteiger partial charge in [-0.05, 0) is 12.3 Å². The van der Waals surface area contributed by atoms with Crippen molar-refractivity contribution in [3.05, 3.63) is 16.4 Å². The fraction of sp³-hybridized carbons (Fsp3) is 0.545. The third kappa shape index (κ3) is 2.17. The Labute approximate surface area is 103 Å². The van der Waals surface area contributed by atoms with E-state index >= 15 is 0 Å². The van der Waals surface area contributed by atoms with Crippen molar-refractivity contribution in [3.8, 4) is 0 Å². The molecule has 6 heteroatoms. The van der Waals surface area contributed by atoms with Crippen molar-refractivity contribution in [2.75, 3.05) is 0 Å². The highest BCUT2D eigenvalue weighted by atomic mass is 32.1. The molecule has 1 N–H and O–H groups in total. The molecule has 0 radical (unpaired) electrons. The van der Waals surface area contributed by atoms with Crippen molar-refractivity contribution in [2.24, 2.45) is 5.92 Å². The number of fused-ring (bicyclic) bond motifs is 1. The molecule has 5 nitrogen and oxygen atoms in total. The molecule has 2 aromatic rings. The van der Waals surface area contributed by atoms with E-state index < -0.39 is 5.97 Å². The normalized spacial score (nSPS) is 11.5. The third-order valence-electron chi connectivity index (χ3n) is 2.44. The smallest absolute Gasteiger partial charge is 0.356 e. The van der Waals surface area contributed by atoms with Gasteiger partial charge in [-0.25, -0.2) is 9.78 Å². The van der Waals surface area contributed by atoms with Gasteiger partial charge in [-0.3, -0.25) is 0 Å². The number of hydrogen-bond acceptors (Lipinski definition) is 4. The number of imidazole rings is 1. The highest BCUT2D eigenvalue weighted by molar-refractivity contribution is 7.16. The quantitative estimate of drug-likeness (QED) is 0.907. The Morgan fingerprint density at radius 3 is 2.76 bits per heavy atom. The van der Waals surface area contributed by atoms with Gasteiger partial charge in [0.05, 0.1) is 5.69 Å². The highest BCUT2D eigenvalue weighted by Crippen LogP contribution is 2.21. The van der Waals surface area contributed by atoms with Crippen LogP contribution in [0.15, 0.2) is 0 Å². The lowest BCUT2D eigenvalue weighted by Gasteiger charge is -1.98. The maximum atomic E-state index is 11.2. The van der Waals surface area contributed by atoms with Crippen LogP contribution < -0.4 is 0 Å². The third-order valence-corrected chi connectivity index (χ3v) is 3.37. The zero-order valence-electron chi connectivity index (χ0n) is 10.1. The van der Waals surface area contributed by atoms with Crippen LogP contribution in [0.5, 0.6) is 0 Å². The summed E-state index contributed by atoms with van der Waals surface area (Å²) in [6, 6.07) is 0. The van der Waals surface area contributed by atoms with Gasteiger partial charge in [0.25, 0.3) is 0 Å². The van der Waals surface area contributed by atoms with Gasteiger partial charge in [-0.2, -0.15) is 9.61 Å². The summed E-state index contributed by atoms with van der Waals surface area (Å²) in [6.45, 7) is 6.12. The first kappa shape index (κ1) is 12.0. The van der Waals surface area contributed by atoms with Gasteiger partial charge < -0.3 is 5.11 Å². The van der Waals surface area contributed by atoms with E-state index in [1.165, 1.54) is 15.9 Å². The molecule has 0 saturated carbocycles. The molecule has 0 spiro atoms. The van der Waals surface area contributed by atoms with Gasteiger partial charge in [0, 0.05) is 6.42 Å². The average Bonchev–Trinajstić information content (AvgIpc) is 2.71. The molecule has 0 fully saturated rings. The van der Waals surface area contributed by atoms with E-state index in [0.29, 0.717) is 23.0 Å². The van der Waals surface area contributed by atoms with Crippen LogP contribution in [0.3, 0.4) is 0 Å². The number of carbonyl (C=O) groups is 1. The van der Waals surface area contributed by atoms with Crippen LogP contribution in [0.25, 0.3) is 4.96 Å². The molecule has 0 saturated heterocycles. The summed E-state index contributed by atoms with van der Waals surface area (Å²) in [5, 5.41) is 14.5. The van der Waals surface area contributed by atoms with E-state index in [2.05, 4.69) is 23.9 Å². The summed E-state index contributed by atoms with van der Waals surface area (Å²) in [7, 11) is 0. The van der Waals surface area contributed by atoms with Crippen LogP contribution in [-0.4, -0.2) is 25.7 Å². The molecule has 0 unspecified atom stereocenters. The first-order valence-corrected chi connectivity index (χ1v) is 6.45. The van der Waals surface area contributed by atoms with Crippen molar-refractivity contribution < 1.29 is 9.90 Å². The SMILES string of the molecule is CCc1nc2sc(CC(C)C)nn2c1C(=O)O. The molecule has 0 atom stereocenters. The van der Waals surface area contributed by atoms with Crippen LogP contribution in [0.2, 0.25) is 0 Å². The topological polar surface area (TPSA) is 67.5 Å². The minimum absolute atomic E-state index is 0.203. The zero-order valence-corrected chi connectivity index (χ0v) is 10.9. The molecule has 2 rings (SSSR count). The summed E-state index contributed by atoms with van der Waals surface area (Å²) < 4.78 is 1.46. The Bertz CT molecular complexity index is 556. The number of carboxylic acids is 1. The van der Waals surface area contributed by atoms with Crippen molar-refractivity contribution >= 4 is 22.3 Å². The van der Waals surface area contributed by atoms with E-state index in [1.54, 1.807) is 0 Å². The van der Waals surface area contributed by atoms with E-state index in [-0.39, 0.29) is 5.69 Å². The Morgan fingerprint density at radius 2 is 2.24 bits per heavy atom. The fourth-order valence-electron chi connectivity index (χ4n) is 1.72. The number of hydrogen-bond donors (Lipinski definition) is 1. The lowest BCUT2D eigenvalue weighted by molar-refractivity contribution is 0.0686. The number of aryl methyl sites for hydroxylation is 1. The molecule has 0 aliphatic carbocycles. The monoisotopic (exact) mass is 253 g/mol. The molecular weight excluding hydrogens is 238 g/mol. The first-order valence-electron chi connectivity index (χ1n) is 5.63. The van der Waals surface area contributed by atoms with Crippen molar-refractivity contribution in [2.45, 2.75) is 33.6 Å². The second-order valence-corrected chi connectivity index (χ2v) is 5.39. The van der Waals surface area contributed by atoms with Crippen molar-refractivity contribution in [1.29, 1.82) is 0 Å². The van der Waals surface area contributed by atoms with Crippen LogP contribution in [0.1, 0.15) is 42.0 Å². The summed E-state index contributed by atoms with van der Waals surface area (Å²) in [4.78, 5) is 16.2. The van der Waals surface area contributed by atoms with Crippen LogP contribution in [0.4, 0.5) is 0 Å². The molecule has 0 amide bonds. The summed E-state index contributed by atoms with van der Waals surface area (Å²) in [5.41, 5.74) is 0.807. The van der Waals surface area contributed by atoms with Crippen molar-refractivity contribution in [1.82, 2.24) is 14.6 Å². The Balaban J connectivity index is 2.52. The molecule has 2 heterocycles. The van der Waals surface area contributed by atoms with Gasteiger partial charge in [0.1, 0.15) is 5.01 Å². The van der Waals surface area contributed by atoms with E-state index in [9.17, 15) is 9.90 Å². The second-order valence-electron chi connectivity index (χ2n) is 4.35. The van der Waals surface area contributed by atoms with Gasteiger partial charge in [0.2, 0.25) is 4.96 Å². The van der Waals surface area contributed by atoms with Gasteiger partial charge in [0.15, 0.2) is 5.69 Å². The molecule has 0 aliphatic rings. The molecular formula is C11H15N3O2S. The summed E-state index contributed by atoms with van der Waals surface area (Å²) in [6.07, 6.45) is 1.46. The Kier molecular flexibility index (Phi) is 3.15. The minimum Gasteiger partial charge on any atom is -0.476 e. The number of nitrogens with zero attached hydrogens (tertiary/aromatic N) is 3. The number of aromatic nitrogens is 3. The molecule has 92 valence electrons. The van der Waals surface area contributed by atoms with Crippen LogP contribution in [-0.2, 0) is 12.8 Å². The molecule has 0 aromatic carbocycles. The number of aromatic carboxylic acids is 1. The summed E-state index contributed by atoms with van der Waals surface area (Å²) in [5.74, 6) is -0.458. The highest BCUT2D eigenvalue weighted by Gasteiger charge is 2.20. The second kappa shape index (κ2) is 4.44. The molecule has 2 aromatic heterocycles. The number of carboxylic acid groups (broad SMARTS) is 1. The Hall–Kier alpha value is -1.43. The predicted octanol–water partition coefficient (Wildman–Crippen LogP) is 2.25. The Morgan fingerprint density at radius 1 is 1.53 bits per heavy atom. The van der Waals surface area contributed by atoms with Crippen LogP contribution >= 0.6 is 11.3 Å². The van der Waals surface area contributed by atoms with Gasteiger partial charge in [-0.1, -0.05) is 32.1 Å². The largest absolute Gasteiger partial charge is 0.476 e. The predicted molar refractivity (Wildman–Crippen MR) is 65.7 cm³/mol. The molecule has 0 bridgehead atoms. The average molecular weight is 253 g/mol. The van der Waals surface area contributed by atoms with Gasteiger partial charge >= 0.3 is 5.97 Å². The molecule has 0 aliphatic heterocycles. The van der Waals surface area contributed by atoms with E-state index in [1.807, 2.05) is 6.92 Å².